The summed E-state index contributed by atoms with van der Waals surface area (Å²) in [5.74, 6) is 0.0254. The van der Waals surface area contributed by atoms with Gasteiger partial charge in [-0.05, 0) is 49.8 Å². The Morgan fingerprint density at radius 2 is 1.81 bits per heavy atom. The molecule has 0 bridgehead atoms. The minimum absolute atomic E-state index is 0.0502. The lowest BCUT2D eigenvalue weighted by Gasteiger charge is -2.32. The van der Waals surface area contributed by atoms with Crippen molar-refractivity contribution in [2.24, 2.45) is 5.92 Å². The van der Waals surface area contributed by atoms with Crippen molar-refractivity contribution >= 4 is 11.9 Å². The third-order valence-corrected chi connectivity index (χ3v) is 5.69. The molecule has 2 N–H and O–H groups in total. The molecule has 2 rings (SSSR count). The first-order valence-corrected chi connectivity index (χ1v) is 9.18. The van der Waals surface area contributed by atoms with Gasteiger partial charge in [-0.1, -0.05) is 19.9 Å². The third kappa shape index (κ3) is 3.79. The van der Waals surface area contributed by atoms with Gasteiger partial charge in [-0.3, -0.25) is 9.59 Å². The Kier molecular flexibility index (Phi) is 6.51. The molecule has 0 radical (unpaired) electrons. The zero-order valence-electron chi connectivity index (χ0n) is 16.0. The van der Waals surface area contributed by atoms with Crippen LogP contribution in [0.2, 0.25) is 0 Å². The number of benzene rings is 1. The molecule has 1 aliphatic carbocycles. The molecule has 6 nitrogen and oxygen atoms in total. The van der Waals surface area contributed by atoms with Crippen LogP contribution in [-0.2, 0) is 15.0 Å². The number of ether oxygens (including phenoxy) is 2. The summed E-state index contributed by atoms with van der Waals surface area (Å²) < 4.78 is 10.7. The largest absolute Gasteiger partial charge is 0.493 e. The number of carbonyl (C=O) groups is 2. The highest BCUT2D eigenvalue weighted by Crippen LogP contribution is 2.38. The number of methoxy groups -OCH3 is 2. The Labute approximate surface area is 154 Å². The Bertz CT molecular complexity index is 654. The van der Waals surface area contributed by atoms with Crippen LogP contribution < -0.4 is 14.8 Å². The van der Waals surface area contributed by atoms with Crippen molar-refractivity contribution in [3.05, 3.63) is 23.8 Å². The van der Waals surface area contributed by atoms with Crippen LogP contribution in [0.4, 0.5) is 0 Å². The Morgan fingerprint density at radius 3 is 2.31 bits per heavy atom. The molecule has 0 spiro atoms. The quantitative estimate of drug-likeness (QED) is 0.741. The fourth-order valence-corrected chi connectivity index (χ4v) is 3.90. The van der Waals surface area contributed by atoms with Gasteiger partial charge in [0.05, 0.1) is 25.6 Å². The molecular formula is C20H29NO5. The maximum absolute atomic E-state index is 13.2. The first-order valence-electron chi connectivity index (χ1n) is 9.18. The normalized spacial score (nSPS) is 19.8. The minimum atomic E-state index is -0.779. The number of hydrogen-bond acceptors (Lipinski definition) is 4. The van der Waals surface area contributed by atoms with Crippen LogP contribution in [0.25, 0.3) is 0 Å². The molecule has 0 unspecified atom stereocenters. The molecule has 1 saturated carbocycles. The lowest BCUT2D eigenvalue weighted by atomic mass is 9.74. The van der Waals surface area contributed by atoms with E-state index in [1.54, 1.807) is 14.2 Å². The molecule has 0 saturated heterocycles. The van der Waals surface area contributed by atoms with Crippen LogP contribution in [0.3, 0.4) is 0 Å². The van der Waals surface area contributed by atoms with Gasteiger partial charge in [0.2, 0.25) is 5.91 Å². The number of carbonyl (C=O) groups excluding carboxylic acids is 1. The predicted octanol–water partition coefficient (Wildman–Crippen LogP) is 3.13. The van der Waals surface area contributed by atoms with Gasteiger partial charge in [-0.15, -0.1) is 0 Å². The average molecular weight is 363 g/mol. The Balaban J connectivity index is 2.26. The Morgan fingerprint density at radius 1 is 1.15 bits per heavy atom. The number of carboxylic acids is 1. The lowest BCUT2D eigenvalue weighted by Crippen LogP contribution is -2.47. The molecule has 1 aromatic rings. The van der Waals surface area contributed by atoms with E-state index in [1.165, 1.54) is 0 Å². The zero-order valence-corrected chi connectivity index (χ0v) is 16.0. The van der Waals surface area contributed by atoms with Gasteiger partial charge in [-0.2, -0.15) is 0 Å². The van der Waals surface area contributed by atoms with E-state index in [-0.39, 0.29) is 17.9 Å². The summed E-state index contributed by atoms with van der Waals surface area (Å²) in [5.41, 5.74) is 0.200. The topological polar surface area (TPSA) is 84.9 Å². The summed E-state index contributed by atoms with van der Waals surface area (Å²) in [4.78, 5) is 24.3. The molecule has 144 valence electrons. The second-order valence-electron chi connectivity index (χ2n) is 6.88. The van der Waals surface area contributed by atoms with Crippen molar-refractivity contribution in [1.82, 2.24) is 5.32 Å². The summed E-state index contributed by atoms with van der Waals surface area (Å²) >= 11 is 0. The molecule has 0 heterocycles. The molecular weight excluding hydrogens is 334 g/mol. The van der Waals surface area contributed by atoms with Gasteiger partial charge in [0, 0.05) is 6.04 Å². The van der Waals surface area contributed by atoms with Crippen molar-refractivity contribution in [3.63, 3.8) is 0 Å². The van der Waals surface area contributed by atoms with Gasteiger partial charge in [0.15, 0.2) is 11.5 Å². The fourth-order valence-electron chi connectivity index (χ4n) is 3.90. The molecule has 0 aliphatic heterocycles. The van der Waals surface area contributed by atoms with Gasteiger partial charge in [0.1, 0.15) is 0 Å². The van der Waals surface area contributed by atoms with Crippen LogP contribution in [0, 0.1) is 5.92 Å². The van der Waals surface area contributed by atoms with Crippen molar-refractivity contribution in [2.45, 2.75) is 57.4 Å². The number of amides is 1. The average Bonchev–Trinajstić information content (AvgIpc) is 3.11. The van der Waals surface area contributed by atoms with Gasteiger partial charge in [-0.25, -0.2) is 0 Å². The van der Waals surface area contributed by atoms with E-state index in [0.29, 0.717) is 43.6 Å². The van der Waals surface area contributed by atoms with Crippen LogP contribution in [0.5, 0.6) is 11.5 Å². The highest BCUT2D eigenvalue weighted by atomic mass is 16.5. The van der Waals surface area contributed by atoms with Crippen molar-refractivity contribution in [3.8, 4) is 11.5 Å². The number of hydrogen-bond donors (Lipinski definition) is 2. The molecule has 6 heteroatoms. The van der Waals surface area contributed by atoms with E-state index in [4.69, 9.17) is 14.6 Å². The second-order valence-corrected chi connectivity index (χ2v) is 6.88. The molecule has 1 aromatic carbocycles. The van der Waals surface area contributed by atoms with Crippen molar-refractivity contribution in [2.75, 3.05) is 14.2 Å². The predicted molar refractivity (Wildman–Crippen MR) is 98.7 cm³/mol. The molecule has 1 amide bonds. The highest BCUT2D eigenvalue weighted by molar-refractivity contribution is 5.88. The summed E-state index contributed by atoms with van der Waals surface area (Å²) in [7, 11) is 3.15. The molecule has 1 aliphatic rings. The van der Waals surface area contributed by atoms with E-state index >= 15 is 0 Å². The first kappa shape index (κ1) is 20.1. The van der Waals surface area contributed by atoms with Crippen LogP contribution in [-0.4, -0.2) is 37.2 Å². The second kappa shape index (κ2) is 8.43. The lowest BCUT2D eigenvalue weighted by molar-refractivity contribution is -0.141. The number of aliphatic carboxylic acids is 1. The van der Waals surface area contributed by atoms with Gasteiger partial charge < -0.3 is 19.9 Å². The van der Waals surface area contributed by atoms with E-state index in [9.17, 15) is 9.59 Å². The molecule has 26 heavy (non-hydrogen) atoms. The van der Waals surface area contributed by atoms with E-state index in [2.05, 4.69) is 5.32 Å². The Hall–Kier alpha value is -2.24. The van der Waals surface area contributed by atoms with E-state index in [1.807, 2.05) is 32.0 Å². The first-order chi connectivity index (χ1) is 12.4. The molecule has 2 atom stereocenters. The fraction of sp³-hybridized carbons (Fsp3) is 0.600. The smallest absolute Gasteiger partial charge is 0.306 e. The van der Waals surface area contributed by atoms with Crippen molar-refractivity contribution < 1.29 is 24.2 Å². The number of nitrogens with one attached hydrogen (secondary N) is 1. The maximum Gasteiger partial charge on any atom is 0.306 e. The van der Waals surface area contributed by atoms with Gasteiger partial charge in [0.25, 0.3) is 0 Å². The van der Waals surface area contributed by atoms with Crippen LogP contribution in [0.1, 0.15) is 51.5 Å². The summed E-state index contributed by atoms with van der Waals surface area (Å²) in [5, 5.41) is 12.3. The monoisotopic (exact) mass is 363 g/mol. The van der Waals surface area contributed by atoms with Crippen molar-refractivity contribution in [1.29, 1.82) is 0 Å². The standard InChI is InChI=1S/C20H29NO5/c1-5-20(6-2,14-8-10-16(25-3)17(12-14)26-4)19(24)21-15-9-7-13(11-15)18(22)23/h8,10,12-13,15H,5-7,9,11H2,1-4H3,(H,21,24)(H,22,23)/t13-,15+/m1/s1. The number of carboxylic acid groups (broad SMARTS) is 1. The zero-order chi connectivity index (χ0) is 19.3. The van der Waals surface area contributed by atoms with E-state index < -0.39 is 11.4 Å². The van der Waals surface area contributed by atoms with Gasteiger partial charge >= 0.3 is 5.97 Å². The van der Waals surface area contributed by atoms with Crippen LogP contribution >= 0.6 is 0 Å². The highest BCUT2D eigenvalue weighted by Gasteiger charge is 2.40. The summed E-state index contributed by atoms with van der Waals surface area (Å²) in [6.07, 6.45) is 3.09. The number of rotatable bonds is 8. The van der Waals surface area contributed by atoms with Crippen LogP contribution in [0.15, 0.2) is 18.2 Å². The maximum atomic E-state index is 13.2. The molecule has 1 fully saturated rings. The van der Waals surface area contributed by atoms with E-state index in [0.717, 1.165) is 5.56 Å². The minimum Gasteiger partial charge on any atom is -0.493 e. The molecule has 0 aromatic heterocycles. The summed E-state index contributed by atoms with van der Waals surface area (Å²) in [6.45, 7) is 3.99. The summed E-state index contributed by atoms with van der Waals surface area (Å²) in [6, 6.07) is 5.50. The third-order valence-electron chi connectivity index (χ3n) is 5.69. The SMILES string of the molecule is CCC(CC)(C(=O)N[C@H]1CC[C@@H](C(=O)O)C1)c1ccc(OC)c(OC)c1.